The molecular weight excluding hydrogens is 522 g/mol. The summed E-state index contributed by atoms with van der Waals surface area (Å²) in [7, 11) is 0. The maximum atomic E-state index is 5.33. The lowest BCUT2D eigenvalue weighted by Crippen LogP contribution is -2.03. The molecule has 0 fully saturated rings. The molecule has 3 heteroatoms. The summed E-state index contributed by atoms with van der Waals surface area (Å²) in [6.45, 7) is 0. The summed E-state index contributed by atoms with van der Waals surface area (Å²) in [6, 6.07) is 46.2. The number of para-hydroxylation sites is 1. The van der Waals surface area contributed by atoms with E-state index in [1.807, 2.05) is 0 Å². The average molecular weight is 544 g/mol. The van der Waals surface area contributed by atoms with Crippen LogP contribution in [0.5, 0.6) is 0 Å². The molecule has 0 aliphatic heterocycles. The van der Waals surface area contributed by atoms with Crippen molar-refractivity contribution in [1.29, 1.82) is 0 Å². The smallest absolute Gasteiger partial charge is 0.235 e. The predicted molar refractivity (Wildman–Crippen MR) is 180 cm³/mol. The van der Waals surface area contributed by atoms with Crippen molar-refractivity contribution < 1.29 is 0 Å². The number of benzene rings is 8. The van der Waals surface area contributed by atoms with E-state index in [0.29, 0.717) is 5.95 Å². The van der Waals surface area contributed by atoms with Gasteiger partial charge in [-0.3, -0.25) is 4.57 Å². The molecule has 0 aliphatic carbocycles. The minimum Gasteiger partial charge on any atom is -0.278 e. The average Bonchev–Trinajstić information content (AvgIpc) is 3.34. The molecule has 0 saturated heterocycles. The van der Waals surface area contributed by atoms with E-state index in [4.69, 9.17) is 9.97 Å². The van der Waals surface area contributed by atoms with Gasteiger partial charge in [-0.2, -0.15) is 0 Å². The van der Waals surface area contributed by atoms with Gasteiger partial charge in [-0.25, -0.2) is 9.97 Å². The maximum Gasteiger partial charge on any atom is 0.235 e. The molecule has 0 bridgehead atoms. The quantitative estimate of drug-likeness (QED) is 0.203. The number of hydrogen-bond donors (Lipinski definition) is 0. The maximum absolute atomic E-state index is 5.33. The summed E-state index contributed by atoms with van der Waals surface area (Å²) in [4.78, 5) is 10.6. The topological polar surface area (TPSA) is 30.7 Å². The first-order chi connectivity index (χ1) is 21.3. The summed E-state index contributed by atoms with van der Waals surface area (Å²) in [5, 5.41) is 16.7. The number of fused-ring (bicyclic) bond motifs is 1. The third-order valence-corrected chi connectivity index (χ3v) is 9.64. The molecule has 2 aromatic heterocycles. The van der Waals surface area contributed by atoms with Crippen molar-refractivity contribution in [3.8, 4) is 17.2 Å². The highest BCUT2D eigenvalue weighted by molar-refractivity contribution is 6.45. The van der Waals surface area contributed by atoms with Gasteiger partial charge in [0.25, 0.3) is 0 Å². The van der Waals surface area contributed by atoms with Crippen LogP contribution in [0.2, 0.25) is 0 Å². The third-order valence-electron chi connectivity index (χ3n) is 9.64. The Morgan fingerprint density at radius 1 is 0.372 bits per heavy atom. The van der Waals surface area contributed by atoms with Crippen molar-refractivity contribution in [2.75, 3.05) is 0 Å². The highest BCUT2D eigenvalue weighted by Gasteiger charge is 2.25. The zero-order chi connectivity index (χ0) is 27.8. The van der Waals surface area contributed by atoms with Crippen molar-refractivity contribution >= 4 is 86.6 Å². The molecule has 0 saturated carbocycles. The van der Waals surface area contributed by atoms with Gasteiger partial charge < -0.3 is 0 Å². The second-order valence-corrected chi connectivity index (χ2v) is 11.8. The minimum atomic E-state index is 0.697. The van der Waals surface area contributed by atoms with Crippen molar-refractivity contribution in [2.45, 2.75) is 0 Å². The van der Waals surface area contributed by atoms with E-state index in [1.165, 1.54) is 64.6 Å². The van der Waals surface area contributed by atoms with E-state index < -0.39 is 0 Å². The Balaban J connectivity index is 1.42. The van der Waals surface area contributed by atoms with Crippen LogP contribution in [0.15, 0.2) is 127 Å². The fourth-order valence-corrected chi connectivity index (χ4v) is 7.86. The molecule has 2 heterocycles. The Bertz CT molecular complexity index is 2740. The van der Waals surface area contributed by atoms with E-state index in [2.05, 4.69) is 132 Å². The molecule has 196 valence electrons. The Labute approximate surface area is 245 Å². The fraction of sp³-hybridized carbons (Fsp3) is 0. The first kappa shape index (κ1) is 21.9. The number of rotatable bonds is 2. The van der Waals surface area contributed by atoms with Crippen molar-refractivity contribution in [2.24, 2.45) is 0 Å². The summed E-state index contributed by atoms with van der Waals surface area (Å²) >= 11 is 0. The van der Waals surface area contributed by atoms with Crippen molar-refractivity contribution in [3.63, 3.8) is 0 Å². The summed E-state index contributed by atoms with van der Waals surface area (Å²) in [5.74, 6) is 0.697. The monoisotopic (exact) mass is 543 g/mol. The molecule has 0 radical (unpaired) electrons. The Morgan fingerprint density at radius 3 is 1.35 bits per heavy atom. The van der Waals surface area contributed by atoms with Crippen LogP contribution in [0, 0.1) is 0 Å². The molecule has 0 atom stereocenters. The van der Waals surface area contributed by atoms with E-state index in [-0.39, 0.29) is 0 Å². The zero-order valence-corrected chi connectivity index (χ0v) is 23.0. The molecule has 0 unspecified atom stereocenters. The molecular formula is C40H21N3. The van der Waals surface area contributed by atoms with Crippen LogP contribution in [0.4, 0.5) is 0 Å². The molecule has 0 amide bonds. The molecule has 43 heavy (non-hydrogen) atoms. The molecule has 3 nitrogen and oxygen atoms in total. The minimum absolute atomic E-state index is 0.697. The van der Waals surface area contributed by atoms with Gasteiger partial charge in [-0.1, -0.05) is 109 Å². The van der Waals surface area contributed by atoms with Gasteiger partial charge in [-0.15, -0.1) is 0 Å². The van der Waals surface area contributed by atoms with Crippen LogP contribution >= 0.6 is 0 Å². The lowest BCUT2D eigenvalue weighted by Gasteiger charge is -2.14. The standard InChI is InChI=1S/C40H21N3/c1-2-6-27(7-3-1)39-28-8-4-5-9-29(28)41-40(42-39)43-30-20-18-25-16-14-23-12-10-22-11-13-24-15-17-26-19-21-31(43)38-36(26)34(24)32(22)33(23)35(25)37(30)38/h1-21H. The predicted octanol–water partition coefficient (Wildman–Crippen LogP) is 10.5. The number of aromatic nitrogens is 3. The van der Waals surface area contributed by atoms with Crippen LogP contribution < -0.4 is 0 Å². The van der Waals surface area contributed by atoms with Gasteiger partial charge in [0.05, 0.1) is 22.2 Å². The van der Waals surface area contributed by atoms with E-state index in [9.17, 15) is 0 Å². The van der Waals surface area contributed by atoms with E-state index in [0.717, 1.165) is 33.2 Å². The summed E-state index contributed by atoms with van der Waals surface area (Å²) in [6.07, 6.45) is 0. The molecule has 0 N–H and O–H groups in total. The van der Waals surface area contributed by atoms with Gasteiger partial charge in [-0.05, 0) is 61.3 Å². The Kier molecular flexibility index (Phi) is 3.83. The second kappa shape index (κ2) is 7.53. The van der Waals surface area contributed by atoms with E-state index in [1.54, 1.807) is 0 Å². The largest absolute Gasteiger partial charge is 0.278 e. The van der Waals surface area contributed by atoms with Crippen LogP contribution in [-0.2, 0) is 0 Å². The van der Waals surface area contributed by atoms with E-state index >= 15 is 0 Å². The van der Waals surface area contributed by atoms with Gasteiger partial charge in [0, 0.05) is 32.5 Å². The summed E-state index contributed by atoms with van der Waals surface area (Å²) in [5.41, 5.74) is 5.25. The lowest BCUT2D eigenvalue weighted by molar-refractivity contribution is 1.01. The molecule has 11 aromatic rings. The Morgan fingerprint density at radius 2 is 0.814 bits per heavy atom. The number of hydrogen-bond acceptors (Lipinski definition) is 2. The normalized spacial score (nSPS) is 12.7. The number of nitrogens with zero attached hydrogens (tertiary/aromatic N) is 3. The molecule has 11 rings (SSSR count). The van der Waals surface area contributed by atoms with Crippen molar-refractivity contribution in [3.05, 3.63) is 127 Å². The Hall–Kier alpha value is -5.80. The lowest BCUT2D eigenvalue weighted by atomic mass is 9.92. The first-order valence-electron chi connectivity index (χ1n) is 14.8. The summed E-state index contributed by atoms with van der Waals surface area (Å²) < 4.78 is 2.30. The van der Waals surface area contributed by atoms with Crippen molar-refractivity contribution in [1.82, 2.24) is 14.5 Å². The molecule has 9 aromatic carbocycles. The van der Waals surface area contributed by atoms with Gasteiger partial charge in [0.2, 0.25) is 5.95 Å². The van der Waals surface area contributed by atoms with Crippen LogP contribution in [0.25, 0.3) is 104 Å². The van der Waals surface area contributed by atoms with Crippen LogP contribution in [0.1, 0.15) is 0 Å². The fourth-order valence-electron chi connectivity index (χ4n) is 7.86. The first-order valence-corrected chi connectivity index (χ1v) is 14.8. The second-order valence-electron chi connectivity index (χ2n) is 11.8. The highest BCUT2D eigenvalue weighted by Crippen LogP contribution is 2.50. The van der Waals surface area contributed by atoms with Gasteiger partial charge in [0.15, 0.2) is 0 Å². The SMILES string of the molecule is c1ccc(-c2nc(-n3c4ccc5ccc6ccc7ccc8ccc9ccc3c3c9c8c7c6c5c34)nc3ccccc23)cc1. The molecule has 0 spiro atoms. The van der Waals surface area contributed by atoms with Gasteiger partial charge >= 0.3 is 0 Å². The third kappa shape index (κ3) is 2.62. The zero-order valence-electron chi connectivity index (χ0n) is 23.0. The molecule has 0 aliphatic rings. The highest BCUT2D eigenvalue weighted by atomic mass is 15.2. The van der Waals surface area contributed by atoms with Crippen LogP contribution in [-0.4, -0.2) is 14.5 Å². The van der Waals surface area contributed by atoms with Crippen LogP contribution in [0.3, 0.4) is 0 Å². The van der Waals surface area contributed by atoms with Gasteiger partial charge in [0.1, 0.15) is 0 Å².